The fraction of sp³-hybridized carbons (Fsp3) is 0. The molecule has 0 saturated heterocycles. The van der Waals surface area contributed by atoms with Gasteiger partial charge in [0.25, 0.3) is 10.0 Å². The summed E-state index contributed by atoms with van der Waals surface area (Å²) < 4.78 is 52.9. The number of sulfonamides is 1. The lowest BCUT2D eigenvalue weighted by atomic mass is 10.3. The number of nitrogens with one attached hydrogen (secondary N) is 1. The molecule has 20 heavy (non-hydrogen) atoms. The first-order valence-electron chi connectivity index (χ1n) is 5.33. The van der Waals surface area contributed by atoms with Gasteiger partial charge in [-0.05, 0) is 30.3 Å². The van der Waals surface area contributed by atoms with Gasteiger partial charge in [-0.1, -0.05) is 17.7 Å². The van der Waals surface area contributed by atoms with E-state index >= 15 is 0 Å². The second-order valence-corrected chi connectivity index (χ2v) is 5.98. The quantitative estimate of drug-likeness (QED) is 0.854. The van der Waals surface area contributed by atoms with E-state index in [1.54, 1.807) is 6.07 Å². The zero-order valence-electron chi connectivity index (χ0n) is 9.90. The Morgan fingerprint density at radius 2 is 1.85 bits per heavy atom. The molecule has 3 N–H and O–H groups in total. The molecule has 0 fully saturated rings. The molecule has 0 aliphatic carbocycles. The SMILES string of the molecule is Nc1c(F)ccc(S(=O)(=O)Nc2cccc(Cl)c2)c1F. The van der Waals surface area contributed by atoms with Crippen LogP contribution in [0.2, 0.25) is 5.02 Å². The molecule has 0 radical (unpaired) electrons. The van der Waals surface area contributed by atoms with Gasteiger partial charge in [0.05, 0.1) is 5.69 Å². The molecule has 0 heterocycles. The van der Waals surface area contributed by atoms with Crippen molar-refractivity contribution in [3.8, 4) is 0 Å². The number of anilines is 2. The molecule has 0 unspecified atom stereocenters. The van der Waals surface area contributed by atoms with Crippen LogP contribution in [0.1, 0.15) is 0 Å². The lowest BCUT2D eigenvalue weighted by Crippen LogP contribution is -2.15. The summed E-state index contributed by atoms with van der Waals surface area (Å²) in [6, 6.07) is 7.45. The smallest absolute Gasteiger partial charge is 0.264 e. The fourth-order valence-electron chi connectivity index (χ4n) is 1.52. The standard InChI is InChI=1S/C12H9ClF2N2O2S/c13-7-2-1-3-8(6-7)17-20(18,19)10-5-4-9(14)12(16)11(10)15/h1-6,17H,16H2. The van der Waals surface area contributed by atoms with E-state index < -0.39 is 32.2 Å². The highest BCUT2D eigenvalue weighted by atomic mass is 35.5. The lowest BCUT2D eigenvalue weighted by molar-refractivity contribution is 0.557. The Morgan fingerprint density at radius 3 is 2.50 bits per heavy atom. The third-order valence-electron chi connectivity index (χ3n) is 2.46. The third kappa shape index (κ3) is 2.83. The van der Waals surface area contributed by atoms with E-state index in [9.17, 15) is 17.2 Å². The molecule has 4 nitrogen and oxygen atoms in total. The molecule has 2 aromatic rings. The van der Waals surface area contributed by atoms with Crippen LogP contribution in [0.25, 0.3) is 0 Å². The minimum absolute atomic E-state index is 0.153. The van der Waals surface area contributed by atoms with E-state index in [2.05, 4.69) is 4.72 Å². The molecule has 2 rings (SSSR count). The van der Waals surface area contributed by atoms with E-state index in [-0.39, 0.29) is 5.69 Å². The maximum atomic E-state index is 13.7. The Labute approximate surface area is 119 Å². The van der Waals surface area contributed by atoms with Crippen LogP contribution in [-0.2, 0) is 10.0 Å². The van der Waals surface area contributed by atoms with Crippen molar-refractivity contribution in [1.29, 1.82) is 0 Å². The second-order valence-electron chi connectivity index (χ2n) is 3.89. The number of hydrogen-bond donors (Lipinski definition) is 2. The Hall–Kier alpha value is -1.86. The van der Waals surface area contributed by atoms with E-state index in [1.165, 1.54) is 18.2 Å². The summed E-state index contributed by atoms with van der Waals surface area (Å²) in [4.78, 5) is -0.739. The molecule has 0 amide bonds. The van der Waals surface area contributed by atoms with Crippen molar-refractivity contribution in [3.05, 3.63) is 53.1 Å². The average Bonchev–Trinajstić information content (AvgIpc) is 2.35. The van der Waals surface area contributed by atoms with Crippen LogP contribution in [0.3, 0.4) is 0 Å². The maximum absolute atomic E-state index is 13.7. The van der Waals surface area contributed by atoms with Gasteiger partial charge in [0, 0.05) is 5.02 Å². The predicted octanol–water partition coefficient (Wildman–Crippen LogP) is 3.00. The molecule has 0 aliphatic heterocycles. The maximum Gasteiger partial charge on any atom is 0.264 e. The molecular weight excluding hydrogens is 310 g/mol. The van der Waals surface area contributed by atoms with Gasteiger partial charge in [0.2, 0.25) is 0 Å². The van der Waals surface area contributed by atoms with Gasteiger partial charge in [-0.2, -0.15) is 0 Å². The second kappa shape index (κ2) is 5.26. The number of hydrogen-bond acceptors (Lipinski definition) is 3. The summed E-state index contributed by atoms with van der Waals surface area (Å²) in [6.07, 6.45) is 0. The van der Waals surface area contributed by atoms with E-state index in [0.29, 0.717) is 5.02 Å². The highest BCUT2D eigenvalue weighted by Gasteiger charge is 2.22. The number of nitrogens with two attached hydrogens (primary N) is 1. The van der Waals surface area contributed by atoms with Crippen LogP contribution < -0.4 is 10.5 Å². The first-order chi connectivity index (χ1) is 9.31. The van der Waals surface area contributed by atoms with E-state index in [0.717, 1.165) is 12.1 Å². The number of benzene rings is 2. The van der Waals surface area contributed by atoms with Gasteiger partial charge >= 0.3 is 0 Å². The van der Waals surface area contributed by atoms with Crippen molar-refractivity contribution in [2.45, 2.75) is 4.90 Å². The van der Waals surface area contributed by atoms with Crippen LogP contribution in [0.5, 0.6) is 0 Å². The van der Waals surface area contributed by atoms with Crippen molar-refractivity contribution < 1.29 is 17.2 Å². The summed E-state index contributed by atoms with van der Waals surface area (Å²) in [5, 5.41) is 0.310. The Kier molecular flexibility index (Phi) is 3.82. The van der Waals surface area contributed by atoms with Crippen LogP contribution in [0.4, 0.5) is 20.2 Å². The average molecular weight is 319 g/mol. The number of rotatable bonds is 3. The minimum atomic E-state index is -4.23. The van der Waals surface area contributed by atoms with E-state index in [1.807, 2.05) is 0 Å². The predicted molar refractivity (Wildman–Crippen MR) is 73.0 cm³/mol. The monoisotopic (exact) mass is 318 g/mol. The molecule has 0 bridgehead atoms. The normalized spacial score (nSPS) is 11.3. The van der Waals surface area contributed by atoms with Crippen molar-refractivity contribution in [1.82, 2.24) is 0 Å². The van der Waals surface area contributed by atoms with Gasteiger partial charge < -0.3 is 5.73 Å². The topological polar surface area (TPSA) is 72.2 Å². The van der Waals surface area contributed by atoms with Gasteiger partial charge in [-0.3, -0.25) is 4.72 Å². The van der Waals surface area contributed by atoms with Crippen LogP contribution in [0.15, 0.2) is 41.3 Å². The van der Waals surface area contributed by atoms with Crippen LogP contribution in [-0.4, -0.2) is 8.42 Å². The van der Waals surface area contributed by atoms with Crippen molar-refractivity contribution in [2.24, 2.45) is 0 Å². The number of halogens is 3. The Balaban J connectivity index is 2.44. The molecule has 0 spiro atoms. The molecule has 2 aromatic carbocycles. The van der Waals surface area contributed by atoms with E-state index in [4.69, 9.17) is 17.3 Å². The number of nitrogen functional groups attached to an aromatic ring is 1. The van der Waals surface area contributed by atoms with Crippen molar-refractivity contribution in [2.75, 3.05) is 10.5 Å². The summed E-state index contributed by atoms with van der Waals surface area (Å²) in [6.45, 7) is 0. The Morgan fingerprint density at radius 1 is 1.15 bits per heavy atom. The van der Waals surface area contributed by atoms with Crippen molar-refractivity contribution >= 4 is 33.0 Å². The fourth-order valence-corrected chi connectivity index (χ4v) is 2.85. The van der Waals surface area contributed by atoms with Gasteiger partial charge in [0.15, 0.2) is 5.82 Å². The molecule has 0 aromatic heterocycles. The molecule has 0 aliphatic rings. The van der Waals surface area contributed by atoms with Gasteiger partial charge in [0.1, 0.15) is 16.4 Å². The largest absolute Gasteiger partial charge is 0.394 e. The Bertz CT molecular complexity index is 766. The first-order valence-corrected chi connectivity index (χ1v) is 7.19. The summed E-state index contributed by atoms with van der Waals surface area (Å²) in [7, 11) is -4.23. The minimum Gasteiger partial charge on any atom is -0.394 e. The lowest BCUT2D eigenvalue weighted by Gasteiger charge is -2.10. The summed E-state index contributed by atoms with van der Waals surface area (Å²) in [5.74, 6) is -2.36. The summed E-state index contributed by atoms with van der Waals surface area (Å²) >= 11 is 5.72. The molecule has 0 saturated carbocycles. The third-order valence-corrected chi connectivity index (χ3v) is 4.09. The van der Waals surface area contributed by atoms with Crippen LogP contribution >= 0.6 is 11.6 Å². The first kappa shape index (κ1) is 14.5. The van der Waals surface area contributed by atoms with Gasteiger partial charge in [-0.25, -0.2) is 17.2 Å². The zero-order chi connectivity index (χ0) is 14.9. The molecule has 0 atom stereocenters. The van der Waals surface area contributed by atoms with Crippen LogP contribution in [0, 0.1) is 11.6 Å². The highest BCUT2D eigenvalue weighted by molar-refractivity contribution is 7.92. The molecular formula is C12H9ClF2N2O2S. The van der Waals surface area contributed by atoms with Crippen molar-refractivity contribution in [3.63, 3.8) is 0 Å². The zero-order valence-corrected chi connectivity index (χ0v) is 11.5. The highest BCUT2D eigenvalue weighted by Crippen LogP contribution is 2.25. The summed E-state index contributed by atoms with van der Waals surface area (Å²) in [5.41, 5.74) is 4.44. The molecule has 8 heteroatoms. The van der Waals surface area contributed by atoms with Gasteiger partial charge in [-0.15, -0.1) is 0 Å². The molecule has 106 valence electrons.